The van der Waals surface area contributed by atoms with Gasteiger partial charge in [-0.25, -0.2) is 0 Å². The van der Waals surface area contributed by atoms with Crippen LogP contribution >= 0.6 is 0 Å². The first-order chi connectivity index (χ1) is 6.07. The number of rotatable bonds is 6. The molecule has 0 heterocycles. The van der Waals surface area contributed by atoms with Crippen LogP contribution in [0.1, 0.15) is 26.7 Å². The molecular formula is C10H20N2O. The second-order valence-corrected chi connectivity index (χ2v) is 3.38. The average molecular weight is 184 g/mol. The SMILES string of the molecule is C=C(C)C(=O)NCN(C)CCCC. The van der Waals surface area contributed by atoms with Crippen molar-refractivity contribution >= 4 is 5.91 Å². The zero-order valence-corrected chi connectivity index (χ0v) is 8.89. The predicted molar refractivity (Wildman–Crippen MR) is 55.4 cm³/mol. The van der Waals surface area contributed by atoms with E-state index in [4.69, 9.17) is 0 Å². The molecule has 0 rings (SSSR count). The van der Waals surface area contributed by atoms with Gasteiger partial charge < -0.3 is 5.32 Å². The molecule has 0 aromatic carbocycles. The summed E-state index contributed by atoms with van der Waals surface area (Å²) in [7, 11) is 1.99. The van der Waals surface area contributed by atoms with E-state index in [9.17, 15) is 4.79 Å². The van der Waals surface area contributed by atoms with E-state index in [0.29, 0.717) is 12.2 Å². The third-order valence-electron chi connectivity index (χ3n) is 1.79. The van der Waals surface area contributed by atoms with Crippen LogP contribution in [0.15, 0.2) is 12.2 Å². The van der Waals surface area contributed by atoms with Gasteiger partial charge in [0.2, 0.25) is 5.91 Å². The average Bonchev–Trinajstić information content (AvgIpc) is 2.10. The highest BCUT2D eigenvalue weighted by molar-refractivity contribution is 5.91. The second kappa shape index (κ2) is 6.66. The zero-order chi connectivity index (χ0) is 10.3. The van der Waals surface area contributed by atoms with Gasteiger partial charge in [0, 0.05) is 5.57 Å². The van der Waals surface area contributed by atoms with Crippen LogP contribution in [-0.4, -0.2) is 31.1 Å². The van der Waals surface area contributed by atoms with E-state index in [2.05, 4.69) is 23.7 Å². The lowest BCUT2D eigenvalue weighted by Crippen LogP contribution is -2.35. The molecule has 3 nitrogen and oxygen atoms in total. The third kappa shape index (κ3) is 6.34. The third-order valence-corrected chi connectivity index (χ3v) is 1.79. The van der Waals surface area contributed by atoms with E-state index in [0.717, 1.165) is 6.54 Å². The summed E-state index contributed by atoms with van der Waals surface area (Å²) in [5.74, 6) is -0.0663. The molecule has 0 aliphatic heterocycles. The van der Waals surface area contributed by atoms with Crippen LogP contribution in [0, 0.1) is 0 Å². The van der Waals surface area contributed by atoms with Gasteiger partial charge in [0.1, 0.15) is 0 Å². The summed E-state index contributed by atoms with van der Waals surface area (Å²) < 4.78 is 0. The van der Waals surface area contributed by atoms with Crippen LogP contribution in [-0.2, 0) is 4.79 Å². The molecule has 0 atom stereocenters. The monoisotopic (exact) mass is 184 g/mol. The summed E-state index contributed by atoms with van der Waals surface area (Å²) in [5, 5.41) is 2.78. The Morgan fingerprint density at radius 3 is 2.62 bits per heavy atom. The molecule has 0 bridgehead atoms. The number of nitrogens with zero attached hydrogens (tertiary/aromatic N) is 1. The van der Waals surface area contributed by atoms with Gasteiger partial charge in [0.25, 0.3) is 0 Å². The molecule has 0 radical (unpaired) electrons. The number of carbonyl (C=O) groups is 1. The highest BCUT2D eigenvalue weighted by Crippen LogP contribution is 1.90. The van der Waals surface area contributed by atoms with Crippen molar-refractivity contribution in [1.29, 1.82) is 0 Å². The summed E-state index contributed by atoms with van der Waals surface area (Å²) in [4.78, 5) is 13.2. The first-order valence-electron chi connectivity index (χ1n) is 4.70. The summed E-state index contributed by atoms with van der Waals surface area (Å²) in [6.07, 6.45) is 2.35. The van der Waals surface area contributed by atoms with Crippen molar-refractivity contribution in [3.8, 4) is 0 Å². The standard InChI is InChI=1S/C10H20N2O/c1-5-6-7-12(4)8-11-10(13)9(2)3/h2,5-8H2,1,3-4H3,(H,11,13). The van der Waals surface area contributed by atoms with Crippen molar-refractivity contribution in [3.05, 3.63) is 12.2 Å². The fourth-order valence-electron chi connectivity index (χ4n) is 0.865. The van der Waals surface area contributed by atoms with E-state index in [1.54, 1.807) is 6.92 Å². The van der Waals surface area contributed by atoms with Crippen LogP contribution in [0.4, 0.5) is 0 Å². The minimum absolute atomic E-state index is 0.0663. The molecule has 13 heavy (non-hydrogen) atoms. The topological polar surface area (TPSA) is 32.3 Å². The van der Waals surface area contributed by atoms with Crippen molar-refractivity contribution in [3.63, 3.8) is 0 Å². The molecule has 0 aromatic rings. The lowest BCUT2D eigenvalue weighted by atomic mass is 10.3. The van der Waals surface area contributed by atoms with Crippen LogP contribution in [0.25, 0.3) is 0 Å². The number of carbonyl (C=O) groups excluding carboxylic acids is 1. The van der Waals surface area contributed by atoms with Crippen LogP contribution in [0.5, 0.6) is 0 Å². The molecular weight excluding hydrogens is 164 g/mol. The quantitative estimate of drug-likeness (QED) is 0.499. The minimum Gasteiger partial charge on any atom is -0.340 e. The molecule has 0 fully saturated rings. The molecule has 1 amide bonds. The number of hydrogen-bond donors (Lipinski definition) is 1. The van der Waals surface area contributed by atoms with E-state index < -0.39 is 0 Å². The number of unbranched alkanes of at least 4 members (excludes halogenated alkanes) is 1. The summed E-state index contributed by atoms with van der Waals surface area (Å²) in [5.41, 5.74) is 0.559. The van der Waals surface area contributed by atoms with Crippen LogP contribution in [0.2, 0.25) is 0 Å². The van der Waals surface area contributed by atoms with Gasteiger partial charge >= 0.3 is 0 Å². The molecule has 0 saturated carbocycles. The smallest absolute Gasteiger partial charge is 0.247 e. The Bertz CT molecular complexity index is 178. The van der Waals surface area contributed by atoms with E-state index in [1.165, 1.54) is 12.8 Å². The van der Waals surface area contributed by atoms with Crippen LogP contribution in [0.3, 0.4) is 0 Å². The molecule has 0 aliphatic carbocycles. The zero-order valence-electron chi connectivity index (χ0n) is 8.89. The Labute approximate surface area is 80.8 Å². The Kier molecular flexibility index (Phi) is 6.24. The highest BCUT2D eigenvalue weighted by Gasteiger charge is 2.02. The minimum atomic E-state index is -0.0663. The molecule has 1 N–H and O–H groups in total. The summed E-state index contributed by atoms with van der Waals surface area (Å²) >= 11 is 0. The van der Waals surface area contributed by atoms with Gasteiger partial charge in [0.05, 0.1) is 6.67 Å². The number of hydrogen-bond acceptors (Lipinski definition) is 2. The first kappa shape index (κ1) is 12.2. The van der Waals surface area contributed by atoms with Crippen LogP contribution < -0.4 is 5.32 Å². The fourth-order valence-corrected chi connectivity index (χ4v) is 0.865. The maximum absolute atomic E-state index is 11.1. The van der Waals surface area contributed by atoms with E-state index >= 15 is 0 Å². The number of amides is 1. The van der Waals surface area contributed by atoms with Crippen molar-refractivity contribution in [2.45, 2.75) is 26.7 Å². The van der Waals surface area contributed by atoms with Gasteiger partial charge in [-0.1, -0.05) is 19.9 Å². The second-order valence-electron chi connectivity index (χ2n) is 3.38. The van der Waals surface area contributed by atoms with E-state index in [1.807, 2.05) is 7.05 Å². The molecule has 0 spiro atoms. The maximum Gasteiger partial charge on any atom is 0.247 e. The summed E-state index contributed by atoms with van der Waals surface area (Å²) in [6, 6.07) is 0. The van der Waals surface area contributed by atoms with Crippen molar-refractivity contribution in [2.75, 3.05) is 20.3 Å². The highest BCUT2D eigenvalue weighted by atomic mass is 16.1. The molecule has 0 unspecified atom stereocenters. The van der Waals surface area contributed by atoms with Crippen molar-refractivity contribution in [1.82, 2.24) is 10.2 Å². The van der Waals surface area contributed by atoms with Gasteiger partial charge in [0.15, 0.2) is 0 Å². The Balaban J connectivity index is 3.51. The number of nitrogens with one attached hydrogen (secondary N) is 1. The lowest BCUT2D eigenvalue weighted by Gasteiger charge is -2.16. The Hall–Kier alpha value is -0.830. The molecule has 0 saturated heterocycles. The normalized spacial score (nSPS) is 10.2. The Morgan fingerprint density at radius 2 is 2.15 bits per heavy atom. The largest absolute Gasteiger partial charge is 0.340 e. The molecule has 0 aromatic heterocycles. The molecule has 76 valence electrons. The molecule has 0 aliphatic rings. The van der Waals surface area contributed by atoms with Gasteiger partial charge in [-0.3, -0.25) is 9.69 Å². The van der Waals surface area contributed by atoms with Crippen molar-refractivity contribution in [2.24, 2.45) is 0 Å². The van der Waals surface area contributed by atoms with Gasteiger partial charge in [-0.05, 0) is 26.9 Å². The van der Waals surface area contributed by atoms with Gasteiger partial charge in [-0.2, -0.15) is 0 Å². The molecule has 3 heteroatoms. The maximum atomic E-state index is 11.1. The van der Waals surface area contributed by atoms with E-state index in [-0.39, 0.29) is 5.91 Å². The first-order valence-corrected chi connectivity index (χ1v) is 4.70. The van der Waals surface area contributed by atoms with Gasteiger partial charge in [-0.15, -0.1) is 0 Å². The predicted octanol–water partition coefficient (Wildman–Crippen LogP) is 1.37. The lowest BCUT2D eigenvalue weighted by molar-refractivity contribution is -0.118. The summed E-state index contributed by atoms with van der Waals surface area (Å²) in [6.45, 7) is 9.05. The Morgan fingerprint density at radius 1 is 1.54 bits per heavy atom. The van der Waals surface area contributed by atoms with Crippen molar-refractivity contribution < 1.29 is 4.79 Å². The fraction of sp³-hybridized carbons (Fsp3) is 0.700.